The highest BCUT2D eigenvalue weighted by atomic mass is 35.5. The van der Waals surface area contributed by atoms with Crippen LogP contribution in [-0.2, 0) is 0 Å². The van der Waals surface area contributed by atoms with Crippen LogP contribution < -0.4 is 11.3 Å². The number of aryl methyl sites for hydroxylation is 1. The van der Waals surface area contributed by atoms with E-state index >= 15 is 0 Å². The highest BCUT2D eigenvalue weighted by Gasteiger charge is 2.16. The fraction of sp³-hybridized carbons (Fsp3) is 0.308. The number of nitrogens with one attached hydrogen (secondary N) is 1. The zero-order valence-corrected chi connectivity index (χ0v) is 11.3. The van der Waals surface area contributed by atoms with Crippen molar-refractivity contribution in [2.75, 3.05) is 5.43 Å². The summed E-state index contributed by atoms with van der Waals surface area (Å²) in [6.07, 6.45) is 0. The quantitative estimate of drug-likeness (QED) is 0.644. The van der Waals surface area contributed by atoms with Gasteiger partial charge in [0.05, 0.1) is 16.2 Å². The number of pyridine rings is 1. The highest BCUT2D eigenvalue weighted by Crippen LogP contribution is 2.34. The van der Waals surface area contributed by atoms with E-state index in [9.17, 15) is 4.39 Å². The van der Waals surface area contributed by atoms with Crippen LogP contribution in [0.15, 0.2) is 12.1 Å². The molecule has 0 saturated heterocycles. The number of hydrogen-bond donors (Lipinski definition) is 2. The Hall–Kier alpha value is -1.39. The first-order valence-electron chi connectivity index (χ1n) is 5.71. The average Bonchev–Trinajstić information content (AvgIpc) is 2.29. The van der Waals surface area contributed by atoms with E-state index in [2.05, 4.69) is 24.3 Å². The third-order valence-electron chi connectivity index (χ3n) is 2.98. The number of rotatable bonds is 2. The predicted octanol–water partition coefficient (Wildman–Crippen LogP) is 3.74. The summed E-state index contributed by atoms with van der Waals surface area (Å²) < 4.78 is 13.5. The zero-order valence-electron chi connectivity index (χ0n) is 10.5. The summed E-state index contributed by atoms with van der Waals surface area (Å²) in [5, 5.41) is 0.803. The Morgan fingerprint density at radius 1 is 1.39 bits per heavy atom. The minimum atomic E-state index is -0.476. The number of nitrogens with two attached hydrogens (primary N) is 1. The van der Waals surface area contributed by atoms with Crippen LogP contribution >= 0.6 is 11.6 Å². The van der Waals surface area contributed by atoms with Crippen LogP contribution in [0.2, 0.25) is 5.02 Å². The number of fused-ring (bicyclic) bond motifs is 1. The number of benzene rings is 1. The lowest BCUT2D eigenvalue weighted by Gasteiger charge is -2.17. The molecule has 0 saturated carbocycles. The Kier molecular flexibility index (Phi) is 3.41. The highest BCUT2D eigenvalue weighted by molar-refractivity contribution is 6.31. The van der Waals surface area contributed by atoms with Crippen LogP contribution in [0.25, 0.3) is 10.9 Å². The maximum atomic E-state index is 13.5. The van der Waals surface area contributed by atoms with Crippen LogP contribution in [0.1, 0.15) is 31.0 Å². The molecule has 1 heterocycles. The molecule has 0 radical (unpaired) electrons. The average molecular weight is 268 g/mol. The second-order valence-corrected chi connectivity index (χ2v) is 4.98. The molecule has 2 aromatic rings. The normalized spacial score (nSPS) is 11.3. The summed E-state index contributed by atoms with van der Waals surface area (Å²) >= 11 is 5.82. The monoisotopic (exact) mass is 267 g/mol. The van der Waals surface area contributed by atoms with Crippen molar-refractivity contribution in [3.05, 3.63) is 34.2 Å². The minimum Gasteiger partial charge on any atom is -0.323 e. The molecular weight excluding hydrogens is 253 g/mol. The molecule has 0 aliphatic carbocycles. The van der Waals surface area contributed by atoms with Crippen molar-refractivity contribution in [3.63, 3.8) is 0 Å². The van der Waals surface area contributed by atoms with Crippen LogP contribution in [-0.4, -0.2) is 4.98 Å². The van der Waals surface area contributed by atoms with Gasteiger partial charge in [-0.15, -0.1) is 0 Å². The molecule has 3 nitrogen and oxygen atoms in total. The SMILES string of the molecule is Cc1nc2cc(F)c(Cl)cc2c(NN)c1C(C)C. The van der Waals surface area contributed by atoms with Gasteiger partial charge in [-0.05, 0) is 18.9 Å². The maximum absolute atomic E-state index is 13.5. The lowest BCUT2D eigenvalue weighted by Crippen LogP contribution is -2.12. The molecule has 3 N–H and O–H groups in total. The third-order valence-corrected chi connectivity index (χ3v) is 3.27. The molecule has 2 rings (SSSR count). The summed E-state index contributed by atoms with van der Waals surface area (Å²) in [6.45, 7) is 6.01. The van der Waals surface area contributed by atoms with Gasteiger partial charge in [-0.1, -0.05) is 25.4 Å². The van der Waals surface area contributed by atoms with E-state index in [1.807, 2.05) is 6.92 Å². The summed E-state index contributed by atoms with van der Waals surface area (Å²) in [6, 6.07) is 2.88. The minimum absolute atomic E-state index is 0.0689. The van der Waals surface area contributed by atoms with Crippen molar-refractivity contribution in [3.8, 4) is 0 Å². The fourth-order valence-corrected chi connectivity index (χ4v) is 2.42. The molecular formula is C13H15ClFN3. The Labute approximate surface area is 110 Å². The van der Waals surface area contributed by atoms with Crippen molar-refractivity contribution in [1.29, 1.82) is 0 Å². The Balaban J connectivity index is 2.89. The van der Waals surface area contributed by atoms with E-state index in [1.54, 1.807) is 6.07 Å². The maximum Gasteiger partial charge on any atom is 0.143 e. The Morgan fingerprint density at radius 3 is 2.61 bits per heavy atom. The molecule has 0 spiro atoms. The number of nitrogen functional groups attached to an aromatic ring is 1. The smallest absolute Gasteiger partial charge is 0.143 e. The van der Waals surface area contributed by atoms with Crippen LogP contribution in [0, 0.1) is 12.7 Å². The molecule has 96 valence electrons. The standard InChI is InChI=1S/C13H15ClFN3/c1-6(2)12-7(3)17-11-5-10(15)9(14)4-8(11)13(12)18-16/h4-6H,16H2,1-3H3,(H,17,18). The first kappa shape index (κ1) is 13.1. The summed E-state index contributed by atoms with van der Waals surface area (Å²) in [4.78, 5) is 4.41. The molecule has 5 heteroatoms. The van der Waals surface area contributed by atoms with Gasteiger partial charge >= 0.3 is 0 Å². The number of nitrogens with zero attached hydrogens (tertiary/aromatic N) is 1. The number of halogens is 2. The summed E-state index contributed by atoms with van der Waals surface area (Å²) in [5.41, 5.74) is 5.85. The van der Waals surface area contributed by atoms with E-state index in [0.717, 1.165) is 22.3 Å². The van der Waals surface area contributed by atoms with Crippen molar-refractivity contribution >= 4 is 28.2 Å². The van der Waals surface area contributed by atoms with Gasteiger partial charge in [0.2, 0.25) is 0 Å². The first-order chi connectivity index (χ1) is 8.45. The molecule has 0 bridgehead atoms. The fourth-order valence-electron chi connectivity index (χ4n) is 2.26. The zero-order chi connectivity index (χ0) is 13.4. The lowest BCUT2D eigenvalue weighted by atomic mass is 9.97. The first-order valence-corrected chi connectivity index (χ1v) is 6.09. The second-order valence-electron chi connectivity index (χ2n) is 4.57. The molecule has 1 aromatic heterocycles. The molecule has 18 heavy (non-hydrogen) atoms. The largest absolute Gasteiger partial charge is 0.323 e. The summed E-state index contributed by atoms with van der Waals surface area (Å²) in [5.74, 6) is 5.38. The third kappa shape index (κ3) is 2.02. The van der Waals surface area contributed by atoms with Gasteiger partial charge in [0.1, 0.15) is 5.82 Å². The molecule has 0 aliphatic heterocycles. The van der Waals surface area contributed by atoms with Crippen LogP contribution in [0.3, 0.4) is 0 Å². The van der Waals surface area contributed by atoms with Crippen LogP contribution in [0.4, 0.5) is 10.1 Å². The van der Waals surface area contributed by atoms with Gasteiger partial charge in [-0.2, -0.15) is 0 Å². The van der Waals surface area contributed by atoms with E-state index in [-0.39, 0.29) is 10.9 Å². The van der Waals surface area contributed by atoms with Crippen molar-refractivity contribution in [2.24, 2.45) is 5.84 Å². The molecule has 1 aromatic carbocycles. The summed E-state index contributed by atoms with van der Waals surface area (Å²) in [7, 11) is 0. The topological polar surface area (TPSA) is 50.9 Å². The molecule has 0 atom stereocenters. The van der Waals surface area contributed by atoms with E-state index in [1.165, 1.54) is 6.07 Å². The Bertz CT molecular complexity index is 611. The van der Waals surface area contributed by atoms with Gasteiger partial charge in [0.25, 0.3) is 0 Å². The molecule has 0 fully saturated rings. The van der Waals surface area contributed by atoms with Gasteiger partial charge in [0, 0.05) is 22.7 Å². The molecule has 0 aliphatic rings. The van der Waals surface area contributed by atoms with E-state index < -0.39 is 5.82 Å². The lowest BCUT2D eigenvalue weighted by molar-refractivity contribution is 0.629. The van der Waals surface area contributed by atoms with Gasteiger partial charge < -0.3 is 5.43 Å². The van der Waals surface area contributed by atoms with Crippen molar-refractivity contribution in [2.45, 2.75) is 26.7 Å². The number of hydrogen-bond acceptors (Lipinski definition) is 3. The van der Waals surface area contributed by atoms with Gasteiger partial charge in [0.15, 0.2) is 0 Å². The molecule has 0 amide bonds. The number of hydrazine groups is 1. The van der Waals surface area contributed by atoms with Gasteiger partial charge in [-0.25, -0.2) is 4.39 Å². The van der Waals surface area contributed by atoms with Gasteiger partial charge in [-0.3, -0.25) is 10.8 Å². The molecule has 0 unspecified atom stereocenters. The second kappa shape index (κ2) is 4.71. The predicted molar refractivity (Wildman–Crippen MR) is 73.3 cm³/mol. The van der Waals surface area contributed by atoms with Crippen molar-refractivity contribution < 1.29 is 4.39 Å². The number of anilines is 1. The number of aromatic nitrogens is 1. The van der Waals surface area contributed by atoms with Crippen LogP contribution in [0.5, 0.6) is 0 Å². The van der Waals surface area contributed by atoms with Crippen molar-refractivity contribution in [1.82, 2.24) is 4.98 Å². The van der Waals surface area contributed by atoms with E-state index in [0.29, 0.717) is 5.52 Å². The van der Waals surface area contributed by atoms with E-state index in [4.69, 9.17) is 17.4 Å². The Morgan fingerprint density at radius 2 is 2.06 bits per heavy atom.